The fourth-order valence-electron chi connectivity index (χ4n) is 8.70. The van der Waals surface area contributed by atoms with E-state index in [9.17, 15) is 24.3 Å². The molecule has 5 atom stereocenters. The summed E-state index contributed by atoms with van der Waals surface area (Å²) in [6, 6.07) is 15.6. The SMILES string of the molecule is COC(=O)CCCCN1C(=O)[C@]2(O[C@H](CCn3cc(C(CO)c4ccccc4)nn3)[C@@H]([Si](C)(C)O)[C@@H]2C)c2cc(N3CCCCCCC3=O)ccc21. The first-order chi connectivity index (χ1) is 25.0. The lowest BCUT2D eigenvalue weighted by Crippen LogP contribution is -2.46. The van der Waals surface area contributed by atoms with Crippen LogP contribution < -0.4 is 9.80 Å². The Balaban J connectivity index is 1.32. The highest BCUT2D eigenvalue weighted by atomic mass is 28.4. The van der Waals surface area contributed by atoms with E-state index in [0.717, 1.165) is 48.2 Å². The van der Waals surface area contributed by atoms with Gasteiger partial charge in [-0.3, -0.25) is 19.1 Å². The Bertz CT molecular complexity index is 1730. The van der Waals surface area contributed by atoms with Gasteiger partial charge in [0.05, 0.1) is 37.1 Å². The van der Waals surface area contributed by atoms with Crippen molar-refractivity contribution in [2.45, 2.75) is 108 Å². The third-order valence-corrected chi connectivity index (χ3v) is 13.8. The second-order valence-corrected chi connectivity index (χ2v) is 19.1. The van der Waals surface area contributed by atoms with Crippen LogP contribution in [0.4, 0.5) is 11.4 Å². The number of aliphatic hydroxyl groups excluding tert-OH is 1. The van der Waals surface area contributed by atoms with E-state index < -0.39 is 20.0 Å². The molecule has 3 aromatic rings. The minimum absolute atomic E-state index is 0.0839. The summed E-state index contributed by atoms with van der Waals surface area (Å²) in [4.78, 5) is 55.5. The van der Waals surface area contributed by atoms with Gasteiger partial charge in [-0.2, -0.15) is 0 Å². The van der Waals surface area contributed by atoms with Gasteiger partial charge < -0.3 is 29.2 Å². The van der Waals surface area contributed by atoms with Gasteiger partial charge in [-0.05, 0) is 69.0 Å². The molecule has 12 nitrogen and oxygen atoms in total. The van der Waals surface area contributed by atoms with Crippen LogP contribution in [0.25, 0.3) is 0 Å². The maximum absolute atomic E-state index is 14.9. The molecular formula is C39H53N5O7Si. The van der Waals surface area contributed by atoms with Crippen molar-refractivity contribution < 1.29 is 33.8 Å². The van der Waals surface area contributed by atoms with Crippen LogP contribution in [0.1, 0.15) is 87.4 Å². The summed E-state index contributed by atoms with van der Waals surface area (Å²) >= 11 is 0. The molecule has 2 N–H and O–H groups in total. The fourth-order valence-corrected chi connectivity index (χ4v) is 11.3. The number of ether oxygens (including phenoxy) is 2. The molecule has 6 rings (SSSR count). The first-order valence-corrected chi connectivity index (χ1v) is 21.8. The number of hydrogen-bond donors (Lipinski definition) is 2. The van der Waals surface area contributed by atoms with Gasteiger partial charge in [0.2, 0.25) is 5.91 Å². The van der Waals surface area contributed by atoms with E-state index in [1.54, 1.807) is 9.58 Å². The highest BCUT2D eigenvalue weighted by molar-refractivity contribution is 6.71. The maximum Gasteiger partial charge on any atom is 0.305 e. The summed E-state index contributed by atoms with van der Waals surface area (Å²) < 4.78 is 13.6. The summed E-state index contributed by atoms with van der Waals surface area (Å²) in [6.45, 7) is 7.18. The number of unbranched alkanes of at least 4 members (excludes halogenated alkanes) is 1. The number of carbonyl (C=O) groups is 3. The summed E-state index contributed by atoms with van der Waals surface area (Å²) in [5.41, 5.74) is 2.20. The third-order valence-electron chi connectivity index (χ3n) is 11.3. The molecule has 0 radical (unpaired) electrons. The van der Waals surface area contributed by atoms with Crippen LogP contribution in [0.3, 0.4) is 0 Å². The third kappa shape index (κ3) is 7.46. The number of aryl methyl sites for hydroxylation is 1. The van der Waals surface area contributed by atoms with Crippen LogP contribution in [0.5, 0.6) is 0 Å². The number of amides is 2. The van der Waals surface area contributed by atoms with Crippen molar-refractivity contribution in [3.63, 3.8) is 0 Å². The number of fused-ring (bicyclic) bond motifs is 2. The fraction of sp³-hybridized carbons (Fsp3) is 0.564. The molecule has 0 aliphatic carbocycles. The largest absolute Gasteiger partial charge is 0.469 e. The number of aromatic nitrogens is 3. The van der Waals surface area contributed by atoms with Crippen molar-refractivity contribution in [2.24, 2.45) is 5.92 Å². The van der Waals surface area contributed by atoms with Gasteiger partial charge in [0, 0.05) is 61.4 Å². The lowest BCUT2D eigenvalue weighted by Gasteiger charge is -2.33. The Morgan fingerprint density at radius 2 is 1.85 bits per heavy atom. The van der Waals surface area contributed by atoms with Gasteiger partial charge in [-0.15, -0.1) is 5.10 Å². The molecule has 1 unspecified atom stereocenters. The minimum atomic E-state index is -2.92. The van der Waals surface area contributed by atoms with E-state index in [1.807, 2.05) is 79.6 Å². The van der Waals surface area contributed by atoms with E-state index in [0.29, 0.717) is 51.0 Å². The second kappa shape index (κ2) is 16.0. The Labute approximate surface area is 307 Å². The highest BCUT2D eigenvalue weighted by Crippen LogP contribution is 2.60. The molecule has 1 spiro atoms. The van der Waals surface area contributed by atoms with E-state index in [4.69, 9.17) is 9.47 Å². The summed E-state index contributed by atoms with van der Waals surface area (Å²) in [6.07, 6.45) is 7.68. The number of rotatable bonds is 13. The smallest absolute Gasteiger partial charge is 0.305 e. The van der Waals surface area contributed by atoms with Crippen molar-refractivity contribution in [3.8, 4) is 0 Å². The molecular weight excluding hydrogens is 679 g/mol. The number of carbonyl (C=O) groups excluding carboxylic acids is 3. The van der Waals surface area contributed by atoms with Gasteiger partial charge in [0.1, 0.15) is 0 Å². The van der Waals surface area contributed by atoms with Gasteiger partial charge in [-0.1, -0.05) is 55.3 Å². The highest BCUT2D eigenvalue weighted by Gasteiger charge is 2.66. The maximum atomic E-state index is 14.9. The average molecular weight is 732 g/mol. The van der Waals surface area contributed by atoms with Gasteiger partial charge >= 0.3 is 5.97 Å². The number of hydrogen-bond acceptors (Lipinski definition) is 9. The zero-order valence-corrected chi connectivity index (χ0v) is 31.9. The minimum Gasteiger partial charge on any atom is -0.469 e. The van der Waals surface area contributed by atoms with Gasteiger partial charge in [0.25, 0.3) is 5.91 Å². The molecule has 2 fully saturated rings. The van der Waals surface area contributed by atoms with Crippen molar-refractivity contribution >= 4 is 37.5 Å². The average Bonchev–Trinajstić information content (AvgIpc) is 3.78. The Hall–Kier alpha value is -3.91. The lowest BCUT2D eigenvalue weighted by atomic mass is 9.82. The predicted molar refractivity (Wildman–Crippen MR) is 199 cm³/mol. The molecule has 2 aromatic carbocycles. The first-order valence-electron chi connectivity index (χ1n) is 18.8. The van der Waals surface area contributed by atoms with E-state index in [-0.39, 0.29) is 48.2 Å². The number of anilines is 2. The molecule has 3 aliphatic rings. The zero-order chi connectivity index (χ0) is 37.0. The Morgan fingerprint density at radius 1 is 1.08 bits per heavy atom. The van der Waals surface area contributed by atoms with Crippen molar-refractivity contribution in [1.82, 2.24) is 15.0 Å². The van der Waals surface area contributed by atoms with Gasteiger partial charge in [0.15, 0.2) is 13.9 Å². The summed E-state index contributed by atoms with van der Waals surface area (Å²) in [7, 11) is -1.55. The Kier molecular flexibility index (Phi) is 11.6. The molecule has 0 bridgehead atoms. The molecule has 4 heterocycles. The normalized spacial score (nSPS) is 24.2. The molecule has 0 saturated carbocycles. The Morgan fingerprint density at radius 3 is 2.58 bits per heavy atom. The number of benzene rings is 2. The van der Waals surface area contributed by atoms with Crippen LogP contribution in [0.2, 0.25) is 18.6 Å². The van der Waals surface area contributed by atoms with Crippen molar-refractivity contribution in [1.29, 1.82) is 0 Å². The molecule has 3 aliphatic heterocycles. The second-order valence-electron chi connectivity index (χ2n) is 15.1. The molecule has 1 aromatic heterocycles. The molecule has 2 saturated heterocycles. The molecule has 2 amide bonds. The molecule has 13 heteroatoms. The zero-order valence-electron chi connectivity index (χ0n) is 30.9. The standard InChI is InChI=1S/C39H53N5O7Si/c1-27-37(52(3,4)49)34(20-23-42-25-32(40-41-42)30(26-45)28-14-8-7-9-15-28)51-39(27)31-24-29(43-21-12-6-5-10-16-35(43)46)18-19-33(31)44(38(39)48)22-13-11-17-36(47)50-2/h7-9,14-15,18-19,24-25,27,30,34,37,45,49H,5-6,10-13,16-17,20-23,26H2,1-4H3/t27-,30?,34+,37-,39+/m0/s1. The van der Waals surface area contributed by atoms with Crippen molar-refractivity contribution in [3.05, 3.63) is 71.5 Å². The van der Waals surface area contributed by atoms with E-state index in [2.05, 4.69) is 10.3 Å². The topological polar surface area (TPSA) is 147 Å². The lowest BCUT2D eigenvalue weighted by molar-refractivity contribution is -0.146. The van der Waals surface area contributed by atoms with E-state index >= 15 is 0 Å². The monoisotopic (exact) mass is 731 g/mol. The predicted octanol–water partition coefficient (Wildman–Crippen LogP) is 5.28. The van der Waals surface area contributed by atoms with E-state index in [1.165, 1.54) is 7.11 Å². The number of methoxy groups -OCH3 is 1. The van der Waals surface area contributed by atoms with Crippen LogP contribution >= 0.6 is 0 Å². The van der Waals surface area contributed by atoms with Crippen LogP contribution in [-0.4, -0.2) is 83.9 Å². The number of nitrogens with zero attached hydrogens (tertiary/aromatic N) is 5. The number of esters is 1. The quantitative estimate of drug-likeness (QED) is 0.136. The van der Waals surface area contributed by atoms with Crippen molar-refractivity contribution in [2.75, 3.05) is 36.6 Å². The van der Waals surface area contributed by atoms with Crippen LogP contribution in [-0.2, 0) is 36.0 Å². The van der Waals surface area contributed by atoms with Crippen LogP contribution in [0, 0.1) is 5.92 Å². The molecule has 52 heavy (non-hydrogen) atoms. The summed E-state index contributed by atoms with van der Waals surface area (Å²) in [5.74, 6) is -1.05. The van der Waals surface area contributed by atoms with Crippen LogP contribution in [0.15, 0.2) is 54.7 Å². The molecule has 280 valence electrons. The first kappa shape index (κ1) is 37.8. The van der Waals surface area contributed by atoms with Gasteiger partial charge in [-0.25, -0.2) is 0 Å². The number of aliphatic hydroxyl groups is 1. The summed E-state index contributed by atoms with van der Waals surface area (Å²) in [5, 5.41) is 19.0.